The summed E-state index contributed by atoms with van der Waals surface area (Å²) in [6, 6.07) is 8.95. The van der Waals surface area contributed by atoms with E-state index >= 15 is 0 Å². The quantitative estimate of drug-likeness (QED) is 0.692. The summed E-state index contributed by atoms with van der Waals surface area (Å²) in [5.41, 5.74) is 2.42. The Hall–Kier alpha value is -2.93. The number of carbonyl (C=O) groups is 1. The van der Waals surface area contributed by atoms with Crippen LogP contribution in [0.1, 0.15) is 15.4 Å². The Balaban J connectivity index is 1.57. The molecule has 0 unspecified atom stereocenters. The van der Waals surface area contributed by atoms with E-state index in [1.807, 2.05) is 17.5 Å². The molecule has 1 N–H and O–H groups in total. The molecule has 0 fully saturated rings. The van der Waals surface area contributed by atoms with Gasteiger partial charge in [0.05, 0.1) is 24.9 Å². The van der Waals surface area contributed by atoms with Crippen molar-refractivity contribution in [2.24, 2.45) is 0 Å². The summed E-state index contributed by atoms with van der Waals surface area (Å²) in [6.07, 6.45) is 4.20. The van der Waals surface area contributed by atoms with Gasteiger partial charge >= 0.3 is 0 Å². The number of hydrogen-bond donors (Lipinski definition) is 1. The van der Waals surface area contributed by atoms with Gasteiger partial charge in [0, 0.05) is 41.9 Å². The Morgan fingerprint density at radius 1 is 1.19 bits per heavy atom. The fourth-order valence-corrected chi connectivity index (χ4v) is 3.24. The molecule has 0 saturated carbocycles. The number of thiazole rings is 1. The van der Waals surface area contributed by atoms with Gasteiger partial charge in [-0.3, -0.25) is 9.78 Å². The number of ether oxygens (including phenoxy) is 2. The zero-order valence-electron chi connectivity index (χ0n) is 14.6. The lowest BCUT2D eigenvalue weighted by molar-refractivity contribution is 0.0953. The fourth-order valence-electron chi connectivity index (χ4n) is 2.44. The van der Waals surface area contributed by atoms with Crippen molar-refractivity contribution in [3.63, 3.8) is 0 Å². The van der Waals surface area contributed by atoms with E-state index in [0.29, 0.717) is 30.0 Å². The standard InChI is InChI=1S/C19H19N3O3S/c1-24-16-6-5-13(10-17(16)25-2)19(23)21-9-7-18-22-15(12-26-18)14-4-3-8-20-11-14/h3-6,8,10-12H,7,9H2,1-2H3,(H,21,23). The lowest BCUT2D eigenvalue weighted by atomic mass is 10.2. The molecular formula is C19H19N3O3S. The smallest absolute Gasteiger partial charge is 0.251 e. The molecule has 3 aromatic rings. The molecule has 0 saturated heterocycles. The lowest BCUT2D eigenvalue weighted by Gasteiger charge is -2.09. The van der Waals surface area contributed by atoms with Crippen molar-refractivity contribution < 1.29 is 14.3 Å². The van der Waals surface area contributed by atoms with Gasteiger partial charge in [-0.1, -0.05) is 0 Å². The van der Waals surface area contributed by atoms with Gasteiger partial charge in [-0.15, -0.1) is 11.3 Å². The SMILES string of the molecule is COc1ccc(C(=O)NCCc2nc(-c3cccnc3)cs2)cc1OC. The Labute approximate surface area is 155 Å². The highest BCUT2D eigenvalue weighted by Gasteiger charge is 2.11. The van der Waals surface area contributed by atoms with E-state index in [9.17, 15) is 4.79 Å². The van der Waals surface area contributed by atoms with Crippen LogP contribution in [0.3, 0.4) is 0 Å². The first kappa shape index (κ1) is 17.9. The second kappa shape index (κ2) is 8.44. The first-order valence-electron chi connectivity index (χ1n) is 8.06. The molecular weight excluding hydrogens is 350 g/mol. The van der Waals surface area contributed by atoms with Gasteiger partial charge in [0.15, 0.2) is 11.5 Å². The minimum absolute atomic E-state index is 0.157. The maximum atomic E-state index is 12.3. The zero-order chi connectivity index (χ0) is 18.4. The summed E-state index contributed by atoms with van der Waals surface area (Å²) >= 11 is 1.58. The third kappa shape index (κ3) is 4.18. The average Bonchev–Trinajstić information content (AvgIpc) is 3.17. The van der Waals surface area contributed by atoms with Gasteiger partial charge in [-0.2, -0.15) is 0 Å². The van der Waals surface area contributed by atoms with E-state index < -0.39 is 0 Å². The van der Waals surface area contributed by atoms with Crippen LogP contribution >= 0.6 is 11.3 Å². The van der Waals surface area contributed by atoms with Crippen LogP contribution in [0.25, 0.3) is 11.3 Å². The van der Waals surface area contributed by atoms with Gasteiger partial charge in [-0.25, -0.2) is 4.98 Å². The van der Waals surface area contributed by atoms with Crippen molar-refractivity contribution in [2.75, 3.05) is 20.8 Å². The molecule has 0 aliphatic rings. The van der Waals surface area contributed by atoms with Crippen LogP contribution in [-0.2, 0) is 6.42 Å². The number of nitrogens with one attached hydrogen (secondary N) is 1. The molecule has 6 nitrogen and oxygen atoms in total. The van der Waals surface area contributed by atoms with E-state index in [0.717, 1.165) is 16.3 Å². The molecule has 0 aliphatic heterocycles. The predicted octanol–water partition coefficient (Wildman–Crippen LogP) is 3.19. The Kier molecular flexibility index (Phi) is 5.80. The molecule has 0 radical (unpaired) electrons. The van der Waals surface area contributed by atoms with Crippen molar-refractivity contribution in [1.82, 2.24) is 15.3 Å². The topological polar surface area (TPSA) is 73.3 Å². The highest BCUT2D eigenvalue weighted by atomic mass is 32.1. The summed E-state index contributed by atoms with van der Waals surface area (Å²) in [5, 5.41) is 5.88. The van der Waals surface area contributed by atoms with E-state index in [1.54, 1.807) is 56.1 Å². The third-order valence-electron chi connectivity index (χ3n) is 3.78. The Morgan fingerprint density at radius 2 is 2.04 bits per heavy atom. The molecule has 1 aromatic carbocycles. The van der Waals surface area contributed by atoms with Gasteiger partial charge in [0.1, 0.15) is 0 Å². The molecule has 0 aliphatic carbocycles. The van der Waals surface area contributed by atoms with Crippen LogP contribution in [0, 0.1) is 0 Å². The van der Waals surface area contributed by atoms with Crippen molar-refractivity contribution >= 4 is 17.2 Å². The zero-order valence-corrected chi connectivity index (χ0v) is 15.4. The average molecular weight is 369 g/mol. The van der Waals surface area contributed by atoms with E-state index in [2.05, 4.69) is 15.3 Å². The second-order valence-electron chi connectivity index (χ2n) is 5.44. The van der Waals surface area contributed by atoms with Crippen molar-refractivity contribution in [2.45, 2.75) is 6.42 Å². The van der Waals surface area contributed by atoms with Gasteiger partial charge < -0.3 is 14.8 Å². The molecule has 0 spiro atoms. The molecule has 1 amide bonds. The van der Waals surface area contributed by atoms with E-state index in [4.69, 9.17) is 9.47 Å². The molecule has 7 heteroatoms. The number of methoxy groups -OCH3 is 2. The van der Waals surface area contributed by atoms with Crippen LogP contribution in [0.4, 0.5) is 0 Å². The summed E-state index contributed by atoms with van der Waals surface area (Å²) < 4.78 is 10.4. The second-order valence-corrected chi connectivity index (χ2v) is 6.39. The molecule has 2 aromatic heterocycles. The number of rotatable bonds is 7. The van der Waals surface area contributed by atoms with Gasteiger partial charge in [0.25, 0.3) is 5.91 Å². The maximum Gasteiger partial charge on any atom is 0.251 e. The molecule has 26 heavy (non-hydrogen) atoms. The molecule has 3 rings (SSSR count). The number of benzene rings is 1. The Morgan fingerprint density at radius 3 is 2.77 bits per heavy atom. The number of aromatic nitrogens is 2. The third-order valence-corrected chi connectivity index (χ3v) is 4.69. The van der Waals surface area contributed by atoms with Crippen LogP contribution in [0.2, 0.25) is 0 Å². The van der Waals surface area contributed by atoms with Crippen LogP contribution in [-0.4, -0.2) is 36.6 Å². The molecule has 134 valence electrons. The van der Waals surface area contributed by atoms with Crippen molar-refractivity contribution in [1.29, 1.82) is 0 Å². The minimum Gasteiger partial charge on any atom is -0.493 e. The van der Waals surface area contributed by atoms with Crippen molar-refractivity contribution in [3.05, 3.63) is 58.7 Å². The predicted molar refractivity (Wildman–Crippen MR) is 101 cm³/mol. The molecule has 0 atom stereocenters. The summed E-state index contributed by atoms with van der Waals surface area (Å²) in [6.45, 7) is 0.507. The highest BCUT2D eigenvalue weighted by molar-refractivity contribution is 7.09. The Bertz CT molecular complexity index is 881. The normalized spacial score (nSPS) is 10.4. The number of pyridine rings is 1. The van der Waals surface area contributed by atoms with E-state index in [-0.39, 0.29) is 5.91 Å². The molecule has 2 heterocycles. The van der Waals surface area contributed by atoms with Crippen molar-refractivity contribution in [3.8, 4) is 22.8 Å². The van der Waals surface area contributed by atoms with Crippen LogP contribution in [0.15, 0.2) is 48.1 Å². The summed E-state index contributed by atoms with van der Waals surface area (Å²) in [7, 11) is 3.10. The number of amides is 1. The first-order valence-corrected chi connectivity index (χ1v) is 8.94. The fraction of sp³-hybridized carbons (Fsp3) is 0.211. The van der Waals surface area contributed by atoms with Crippen LogP contribution in [0.5, 0.6) is 11.5 Å². The monoisotopic (exact) mass is 369 g/mol. The van der Waals surface area contributed by atoms with E-state index in [1.165, 1.54) is 0 Å². The van der Waals surface area contributed by atoms with Gasteiger partial charge in [0.2, 0.25) is 0 Å². The molecule has 0 bridgehead atoms. The lowest BCUT2D eigenvalue weighted by Crippen LogP contribution is -2.25. The minimum atomic E-state index is -0.157. The number of carbonyl (C=O) groups excluding carboxylic acids is 1. The number of hydrogen-bond acceptors (Lipinski definition) is 6. The summed E-state index contributed by atoms with van der Waals surface area (Å²) in [5.74, 6) is 0.964. The van der Waals surface area contributed by atoms with Crippen LogP contribution < -0.4 is 14.8 Å². The highest BCUT2D eigenvalue weighted by Crippen LogP contribution is 2.27. The summed E-state index contributed by atoms with van der Waals surface area (Å²) in [4.78, 5) is 21.0. The van der Waals surface area contributed by atoms with Gasteiger partial charge in [-0.05, 0) is 30.3 Å². The largest absolute Gasteiger partial charge is 0.493 e. The number of nitrogens with zero attached hydrogens (tertiary/aromatic N) is 2. The maximum absolute atomic E-state index is 12.3. The first-order chi connectivity index (χ1) is 12.7.